The molecule has 4 N–H and O–H groups in total. The number of nitrogen functional groups attached to an aromatic ring is 1. The van der Waals surface area contributed by atoms with Crippen LogP contribution in [0.5, 0.6) is 0 Å². The van der Waals surface area contributed by atoms with Crippen molar-refractivity contribution in [3.05, 3.63) is 36.0 Å². The lowest BCUT2D eigenvalue weighted by Gasteiger charge is -2.04. The summed E-state index contributed by atoms with van der Waals surface area (Å²) in [5, 5.41) is 6.97. The molecule has 1 amide bonds. The molecule has 8 heteroatoms. The largest absolute Gasteiger partial charge is 0.350 e. The van der Waals surface area contributed by atoms with Gasteiger partial charge in [-0.05, 0) is 6.07 Å². The van der Waals surface area contributed by atoms with Crippen molar-refractivity contribution in [3.63, 3.8) is 0 Å². The molecule has 8 nitrogen and oxygen atoms in total. The summed E-state index contributed by atoms with van der Waals surface area (Å²) in [5.41, 5.74) is 3.52. The molecule has 0 aliphatic carbocycles. The number of hydrazine groups is 1. The standard InChI is InChI=1S/C11H15N7O/c1-18-5-3-8(17-18)2-4-13-11(19)9-6-15-10(16-12)7-14-9/h3,5-7H,2,4,12H2,1H3,(H,13,19)(H,15,16). The van der Waals surface area contributed by atoms with Crippen molar-refractivity contribution in [3.8, 4) is 0 Å². The summed E-state index contributed by atoms with van der Waals surface area (Å²) >= 11 is 0. The van der Waals surface area contributed by atoms with E-state index in [-0.39, 0.29) is 11.6 Å². The van der Waals surface area contributed by atoms with Crippen LogP contribution < -0.4 is 16.6 Å². The summed E-state index contributed by atoms with van der Waals surface area (Å²) < 4.78 is 1.72. The number of amides is 1. The number of nitrogens with one attached hydrogen (secondary N) is 2. The van der Waals surface area contributed by atoms with Crippen LogP contribution in [0.2, 0.25) is 0 Å². The normalized spacial score (nSPS) is 10.2. The summed E-state index contributed by atoms with van der Waals surface area (Å²) in [7, 11) is 1.85. The minimum atomic E-state index is -0.271. The van der Waals surface area contributed by atoms with Gasteiger partial charge in [0.1, 0.15) is 5.69 Å². The summed E-state index contributed by atoms with van der Waals surface area (Å²) in [6.45, 7) is 0.494. The molecule has 2 aromatic heterocycles. The molecular formula is C11H15N7O. The van der Waals surface area contributed by atoms with Gasteiger partial charge in [0.2, 0.25) is 0 Å². The van der Waals surface area contributed by atoms with Gasteiger partial charge in [-0.3, -0.25) is 9.48 Å². The van der Waals surface area contributed by atoms with E-state index < -0.39 is 0 Å². The van der Waals surface area contributed by atoms with Crippen molar-refractivity contribution in [2.75, 3.05) is 12.0 Å². The van der Waals surface area contributed by atoms with E-state index in [0.29, 0.717) is 18.8 Å². The average Bonchev–Trinajstić information content (AvgIpc) is 2.84. The number of aryl methyl sites for hydroxylation is 1. The topological polar surface area (TPSA) is 111 Å². The van der Waals surface area contributed by atoms with E-state index in [2.05, 4.69) is 25.8 Å². The van der Waals surface area contributed by atoms with Gasteiger partial charge in [-0.2, -0.15) is 5.10 Å². The molecule has 0 fully saturated rings. The first kappa shape index (κ1) is 13.0. The van der Waals surface area contributed by atoms with Gasteiger partial charge in [-0.25, -0.2) is 15.8 Å². The van der Waals surface area contributed by atoms with Crippen LogP contribution in [0, 0.1) is 0 Å². The van der Waals surface area contributed by atoms with Crippen molar-refractivity contribution in [2.24, 2.45) is 12.9 Å². The Balaban J connectivity index is 1.83. The van der Waals surface area contributed by atoms with Crippen molar-refractivity contribution < 1.29 is 4.79 Å². The van der Waals surface area contributed by atoms with E-state index in [1.54, 1.807) is 4.68 Å². The van der Waals surface area contributed by atoms with Crippen molar-refractivity contribution >= 4 is 11.7 Å². The Labute approximate surface area is 110 Å². The summed E-state index contributed by atoms with van der Waals surface area (Å²) in [4.78, 5) is 19.6. The molecule has 0 aromatic carbocycles. The molecule has 2 aromatic rings. The number of carbonyl (C=O) groups is 1. The highest BCUT2D eigenvalue weighted by molar-refractivity contribution is 5.91. The van der Waals surface area contributed by atoms with Crippen molar-refractivity contribution in [2.45, 2.75) is 6.42 Å². The lowest BCUT2D eigenvalue weighted by atomic mass is 10.3. The van der Waals surface area contributed by atoms with Gasteiger partial charge in [-0.15, -0.1) is 0 Å². The minimum Gasteiger partial charge on any atom is -0.350 e. The Bertz CT molecular complexity index is 548. The van der Waals surface area contributed by atoms with Gasteiger partial charge < -0.3 is 10.7 Å². The maximum atomic E-state index is 11.7. The monoisotopic (exact) mass is 261 g/mol. The smallest absolute Gasteiger partial charge is 0.271 e. The second-order valence-corrected chi connectivity index (χ2v) is 3.92. The minimum absolute atomic E-state index is 0.250. The molecule has 100 valence electrons. The van der Waals surface area contributed by atoms with Gasteiger partial charge in [0.15, 0.2) is 5.82 Å². The maximum Gasteiger partial charge on any atom is 0.271 e. The van der Waals surface area contributed by atoms with Crippen molar-refractivity contribution in [1.82, 2.24) is 25.1 Å². The molecule has 0 aliphatic heterocycles. The third-order valence-corrected chi connectivity index (χ3v) is 2.47. The second-order valence-electron chi connectivity index (χ2n) is 3.92. The molecule has 2 rings (SSSR count). The molecular weight excluding hydrogens is 246 g/mol. The Hall–Kier alpha value is -2.48. The average molecular weight is 261 g/mol. The number of aromatic nitrogens is 4. The number of rotatable bonds is 5. The van der Waals surface area contributed by atoms with E-state index in [9.17, 15) is 4.79 Å². The fourth-order valence-corrected chi connectivity index (χ4v) is 1.51. The SMILES string of the molecule is Cn1ccc(CCNC(=O)c2cnc(NN)cn2)n1. The van der Waals surface area contributed by atoms with Crippen LogP contribution in [0.15, 0.2) is 24.7 Å². The maximum absolute atomic E-state index is 11.7. The second kappa shape index (κ2) is 5.91. The fraction of sp³-hybridized carbons (Fsp3) is 0.273. The van der Waals surface area contributed by atoms with Crippen LogP contribution >= 0.6 is 0 Å². The molecule has 0 spiro atoms. The van der Waals surface area contributed by atoms with Crippen LogP contribution in [0.25, 0.3) is 0 Å². The van der Waals surface area contributed by atoms with E-state index in [1.807, 2.05) is 19.3 Å². The first-order valence-electron chi connectivity index (χ1n) is 5.74. The summed E-state index contributed by atoms with van der Waals surface area (Å²) in [6.07, 6.45) is 5.29. The van der Waals surface area contributed by atoms with Crippen molar-refractivity contribution in [1.29, 1.82) is 0 Å². The molecule has 2 heterocycles. The van der Waals surface area contributed by atoms with Gasteiger partial charge in [0.25, 0.3) is 5.91 Å². The van der Waals surface area contributed by atoms with Crippen LogP contribution in [-0.2, 0) is 13.5 Å². The van der Waals surface area contributed by atoms with Crippen LogP contribution in [0.3, 0.4) is 0 Å². The molecule has 19 heavy (non-hydrogen) atoms. The first-order chi connectivity index (χ1) is 9.19. The Kier molecular flexibility index (Phi) is 4.04. The zero-order valence-electron chi connectivity index (χ0n) is 10.5. The zero-order chi connectivity index (χ0) is 13.7. The van der Waals surface area contributed by atoms with E-state index in [1.165, 1.54) is 12.4 Å². The highest BCUT2D eigenvalue weighted by Crippen LogP contribution is 1.99. The number of anilines is 1. The molecule has 0 atom stereocenters. The number of nitrogens with zero attached hydrogens (tertiary/aromatic N) is 4. The van der Waals surface area contributed by atoms with E-state index in [0.717, 1.165) is 5.69 Å². The van der Waals surface area contributed by atoms with Gasteiger partial charge in [-0.1, -0.05) is 0 Å². The van der Waals surface area contributed by atoms with Gasteiger partial charge in [0, 0.05) is 26.2 Å². The third kappa shape index (κ3) is 3.49. The van der Waals surface area contributed by atoms with Gasteiger partial charge >= 0.3 is 0 Å². The lowest BCUT2D eigenvalue weighted by Crippen LogP contribution is -2.27. The fourth-order valence-electron chi connectivity index (χ4n) is 1.51. The third-order valence-electron chi connectivity index (χ3n) is 2.47. The lowest BCUT2D eigenvalue weighted by molar-refractivity contribution is 0.0948. The quantitative estimate of drug-likeness (QED) is 0.493. The highest BCUT2D eigenvalue weighted by atomic mass is 16.1. The first-order valence-corrected chi connectivity index (χ1v) is 5.74. The molecule has 0 aliphatic rings. The predicted octanol–water partition coefficient (Wildman–Crippen LogP) is -0.532. The number of hydrogen-bond donors (Lipinski definition) is 3. The number of hydrogen-bond acceptors (Lipinski definition) is 6. The summed E-state index contributed by atoms with van der Waals surface area (Å²) in [6, 6.07) is 1.91. The molecule has 0 radical (unpaired) electrons. The Morgan fingerprint density at radius 1 is 1.42 bits per heavy atom. The Morgan fingerprint density at radius 3 is 2.84 bits per heavy atom. The highest BCUT2D eigenvalue weighted by Gasteiger charge is 2.07. The molecule has 0 saturated heterocycles. The van der Waals surface area contributed by atoms with Crippen LogP contribution in [0.1, 0.15) is 16.2 Å². The van der Waals surface area contributed by atoms with E-state index in [4.69, 9.17) is 5.84 Å². The Morgan fingerprint density at radius 2 is 2.26 bits per heavy atom. The summed E-state index contributed by atoms with van der Waals surface area (Å²) in [5.74, 6) is 5.30. The van der Waals surface area contributed by atoms with Gasteiger partial charge in [0.05, 0.1) is 18.1 Å². The predicted molar refractivity (Wildman–Crippen MR) is 69.1 cm³/mol. The number of nitrogens with two attached hydrogens (primary N) is 1. The molecule has 0 unspecified atom stereocenters. The molecule has 0 saturated carbocycles. The van der Waals surface area contributed by atoms with Crippen LogP contribution in [-0.4, -0.2) is 32.2 Å². The van der Waals surface area contributed by atoms with Crippen LogP contribution in [0.4, 0.5) is 5.82 Å². The molecule has 0 bridgehead atoms. The zero-order valence-corrected chi connectivity index (χ0v) is 10.5. The number of carbonyl (C=O) groups excluding carboxylic acids is 1. The van der Waals surface area contributed by atoms with E-state index >= 15 is 0 Å².